The molecule has 1 N–H and O–H groups in total. The minimum Gasteiger partial charge on any atom is -0.484 e. The van der Waals surface area contributed by atoms with E-state index in [9.17, 15) is 9.18 Å². The van der Waals surface area contributed by atoms with Gasteiger partial charge < -0.3 is 4.74 Å². The molecule has 0 aliphatic heterocycles. The van der Waals surface area contributed by atoms with E-state index in [0.29, 0.717) is 11.3 Å². The minimum atomic E-state index is -0.388. The van der Waals surface area contributed by atoms with Crippen LogP contribution < -0.4 is 10.2 Å². The molecule has 0 spiro atoms. The first kappa shape index (κ1) is 15.4. The smallest absolute Gasteiger partial charge is 0.277 e. The Bertz CT molecular complexity index is 644. The number of rotatable bonds is 5. The Morgan fingerprint density at radius 2 is 2.05 bits per heavy atom. The number of hydrazone groups is 1. The van der Waals surface area contributed by atoms with Crippen molar-refractivity contribution in [3.05, 3.63) is 63.5 Å². The van der Waals surface area contributed by atoms with E-state index in [2.05, 4.69) is 33.1 Å². The van der Waals surface area contributed by atoms with Crippen LogP contribution in [0.4, 0.5) is 4.39 Å². The van der Waals surface area contributed by atoms with Crippen molar-refractivity contribution in [3.8, 4) is 5.75 Å². The van der Waals surface area contributed by atoms with Gasteiger partial charge in [0.2, 0.25) is 0 Å². The molecule has 21 heavy (non-hydrogen) atoms. The van der Waals surface area contributed by atoms with Gasteiger partial charge in [-0.15, -0.1) is 0 Å². The van der Waals surface area contributed by atoms with Gasteiger partial charge in [0.15, 0.2) is 6.61 Å². The maximum absolute atomic E-state index is 12.9. The molecule has 0 radical (unpaired) electrons. The van der Waals surface area contributed by atoms with Crippen LogP contribution in [-0.2, 0) is 4.79 Å². The molecule has 1 amide bonds. The van der Waals surface area contributed by atoms with Gasteiger partial charge >= 0.3 is 0 Å². The number of hydrogen-bond donors (Lipinski definition) is 1. The van der Waals surface area contributed by atoms with Gasteiger partial charge in [0.25, 0.3) is 5.91 Å². The first-order valence-corrected chi connectivity index (χ1v) is 7.17. The van der Waals surface area contributed by atoms with Crippen molar-refractivity contribution < 1.29 is 13.9 Å². The zero-order valence-electron chi connectivity index (χ0n) is 10.9. The monoisotopic (exact) mass is 398 g/mol. The molecule has 0 saturated heterocycles. The van der Waals surface area contributed by atoms with Gasteiger partial charge in [-0.25, -0.2) is 9.82 Å². The van der Waals surface area contributed by atoms with Crippen molar-refractivity contribution in [2.45, 2.75) is 0 Å². The van der Waals surface area contributed by atoms with Crippen molar-refractivity contribution in [2.75, 3.05) is 6.61 Å². The highest BCUT2D eigenvalue weighted by molar-refractivity contribution is 14.1. The van der Waals surface area contributed by atoms with E-state index in [1.165, 1.54) is 18.3 Å². The summed E-state index contributed by atoms with van der Waals surface area (Å²) in [6.07, 6.45) is 1.37. The Kier molecular flexibility index (Phi) is 5.68. The van der Waals surface area contributed by atoms with E-state index in [0.717, 1.165) is 3.57 Å². The van der Waals surface area contributed by atoms with Gasteiger partial charge in [-0.3, -0.25) is 4.79 Å². The van der Waals surface area contributed by atoms with Crippen molar-refractivity contribution in [1.82, 2.24) is 5.43 Å². The molecule has 108 valence electrons. The number of nitrogens with one attached hydrogen (secondary N) is 1. The van der Waals surface area contributed by atoms with Crippen molar-refractivity contribution >= 4 is 34.7 Å². The summed E-state index contributed by atoms with van der Waals surface area (Å²) in [7, 11) is 0. The fraction of sp³-hybridized carbons (Fsp3) is 0.0667. The number of benzene rings is 2. The van der Waals surface area contributed by atoms with Crippen molar-refractivity contribution in [2.24, 2.45) is 5.10 Å². The average molecular weight is 398 g/mol. The van der Waals surface area contributed by atoms with Crippen LogP contribution in [0, 0.1) is 9.39 Å². The molecule has 0 aliphatic rings. The van der Waals surface area contributed by atoms with Gasteiger partial charge in [0, 0.05) is 3.57 Å². The van der Waals surface area contributed by atoms with E-state index in [1.54, 1.807) is 24.3 Å². The quantitative estimate of drug-likeness (QED) is 0.479. The third kappa shape index (κ3) is 5.50. The second kappa shape index (κ2) is 7.72. The standard InChI is InChI=1S/C15H12FIN2O2/c16-12-3-1-2-11(8-12)9-18-19-15(20)10-21-14-6-4-13(17)5-7-14/h1-9H,10H2,(H,19,20)/b18-9-. The van der Waals surface area contributed by atoms with Crippen LogP contribution in [-0.4, -0.2) is 18.7 Å². The molecule has 0 heterocycles. The molecule has 0 fully saturated rings. The molecule has 0 unspecified atom stereocenters. The maximum atomic E-state index is 12.9. The molecule has 6 heteroatoms. The first-order chi connectivity index (χ1) is 10.1. The molecule has 0 aliphatic carbocycles. The summed E-state index contributed by atoms with van der Waals surface area (Å²) in [5.74, 6) is -0.131. The summed E-state index contributed by atoms with van der Waals surface area (Å²) in [6.45, 7) is -0.138. The number of halogens is 2. The predicted octanol–water partition coefficient (Wildman–Crippen LogP) is 2.96. The lowest BCUT2D eigenvalue weighted by molar-refractivity contribution is -0.123. The molecule has 0 atom stereocenters. The van der Waals surface area contributed by atoms with Crippen LogP contribution in [0.1, 0.15) is 5.56 Å². The Hall–Kier alpha value is -1.96. The minimum absolute atomic E-state index is 0.138. The highest BCUT2D eigenvalue weighted by Gasteiger charge is 2.01. The number of ether oxygens (including phenoxy) is 1. The SMILES string of the molecule is O=C(COc1ccc(I)cc1)N/N=C\c1cccc(F)c1. The fourth-order valence-electron chi connectivity index (χ4n) is 1.48. The number of carbonyl (C=O) groups is 1. The number of carbonyl (C=O) groups excluding carboxylic acids is 1. The zero-order valence-corrected chi connectivity index (χ0v) is 13.1. The third-order valence-electron chi connectivity index (χ3n) is 2.44. The summed E-state index contributed by atoms with van der Waals surface area (Å²) in [4.78, 5) is 11.5. The van der Waals surface area contributed by atoms with E-state index in [4.69, 9.17) is 4.74 Å². The second-order valence-corrected chi connectivity index (χ2v) is 5.34. The summed E-state index contributed by atoms with van der Waals surface area (Å²) in [5, 5.41) is 3.74. The molecule has 0 aromatic heterocycles. The van der Waals surface area contributed by atoms with E-state index < -0.39 is 0 Å². The largest absolute Gasteiger partial charge is 0.484 e. The van der Waals surface area contributed by atoms with Gasteiger partial charge in [0.05, 0.1) is 6.21 Å². The maximum Gasteiger partial charge on any atom is 0.277 e. The third-order valence-corrected chi connectivity index (χ3v) is 3.15. The van der Waals surface area contributed by atoms with Crippen LogP contribution in [0.25, 0.3) is 0 Å². The van der Waals surface area contributed by atoms with Gasteiger partial charge in [-0.2, -0.15) is 5.10 Å². The lowest BCUT2D eigenvalue weighted by atomic mass is 10.2. The van der Waals surface area contributed by atoms with Crippen LogP contribution in [0.3, 0.4) is 0 Å². The summed E-state index contributed by atoms with van der Waals surface area (Å²) in [6, 6.07) is 13.2. The van der Waals surface area contributed by atoms with Crippen molar-refractivity contribution in [3.63, 3.8) is 0 Å². The molecule has 2 aromatic rings. The molecule has 2 rings (SSSR count). The van der Waals surface area contributed by atoms with Gasteiger partial charge in [-0.05, 0) is 64.6 Å². The molecule has 4 nitrogen and oxygen atoms in total. The summed E-state index contributed by atoms with van der Waals surface area (Å²) < 4.78 is 19.3. The van der Waals surface area contributed by atoms with Gasteiger partial charge in [-0.1, -0.05) is 12.1 Å². The average Bonchev–Trinajstić information content (AvgIpc) is 2.47. The lowest BCUT2D eigenvalue weighted by Gasteiger charge is -2.04. The molecular formula is C15H12FIN2O2. The van der Waals surface area contributed by atoms with Crippen LogP contribution >= 0.6 is 22.6 Å². The molecule has 2 aromatic carbocycles. The normalized spacial score (nSPS) is 10.6. The summed E-state index contributed by atoms with van der Waals surface area (Å²) >= 11 is 2.18. The topological polar surface area (TPSA) is 50.7 Å². The molecule has 0 bridgehead atoms. The summed E-state index contributed by atoms with van der Waals surface area (Å²) in [5.41, 5.74) is 2.88. The Labute approximate surface area is 135 Å². The number of amides is 1. The van der Waals surface area contributed by atoms with Gasteiger partial charge in [0.1, 0.15) is 11.6 Å². The lowest BCUT2D eigenvalue weighted by Crippen LogP contribution is -2.24. The Morgan fingerprint density at radius 1 is 1.29 bits per heavy atom. The molecular weight excluding hydrogens is 386 g/mol. The second-order valence-electron chi connectivity index (χ2n) is 4.09. The van der Waals surface area contributed by atoms with Crippen molar-refractivity contribution in [1.29, 1.82) is 0 Å². The molecule has 0 saturated carbocycles. The first-order valence-electron chi connectivity index (χ1n) is 6.09. The predicted molar refractivity (Wildman–Crippen MR) is 86.8 cm³/mol. The number of hydrogen-bond acceptors (Lipinski definition) is 3. The van der Waals surface area contributed by atoms with Crippen LogP contribution in [0.15, 0.2) is 53.6 Å². The Morgan fingerprint density at radius 3 is 2.76 bits per heavy atom. The fourth-order valence-corrected chi connectivity index (χ4v) is 1.84. The van der Waals surface area contributed by atoms with Crippen LogP contribution in [0.5, 0.6) is 5.75 Å². The highest BCUT2D eigenvalue weighted by atomic mass is 127. The Balaban J connectivity index is 1.78. The highest BCUT2D eigenvalue weighted by Crippen LogP contribution is 2.13. The van der Waals surface area contributed by atoms with E-state index in [1.807, 2.05) is 12.1 Å². The van der Waals surface area contributed by atoms with E-state index >= 15 is 0 Å². The zero-order chi connectivity index (χ0) is 15.1. The number of nitrogens with zero attached hydrogens (tertiary/aromatic N) is 1. The van der Waals surface area contributed by atoms with E-state index in [-0.39, 0.29) is 18.3 Å². The van der Waals surface area contributed by atoms with Crippen LogP contribution in [0.2, 0.25) is 0 Å².